The Balaban J connectivity index is 2.70. The van der Waals surface area contributed by atoms with Gasteiger partial charge in [-0.15, -0.1) is 0 Å². The van der Waals surface area contributed by atoms with Crippen LogP contribution in [0.1, 0.15) is 50.5 Å². The zero-order valence-electron chi connectivity index (χ0n) is 13.8. The van der Waals surface area contributed by atoms with E-state index >= 15 is 0 Å². The fourth-order valence-electron chi connectivity index (χ4n) is 3.06. The number of hydrogen-bond acceptors (Lipinski definition) is 1. The maximum absolute atomic E-state index is 6.67. The fourth-order valence-corrected chi connectivity index (χ4v) is 3.76. The molecule has 0 aliphatic heterocycles. The van der Waals surface area contributed by atoms with Gasteiger partial charge in [0.05, 0.1) is 6.04 Å². The highest BCUT2D eigenvalue weighted by Gasteiger charge is 2.20. The van der Waals surface area contributed by atoms with Crippen LogP contribution in [-0.2, 0) is 0 Å². The van der Waals surface area contributed by atoms with Crippen LogP contribution in [0.15, 0.2) is 18.2 Å². The van der Waals surface area contributed by atoms with Crippen LogP contribution in [0.2, 0.25) is 0 Å². The topological polar surface area (TPSA) is 26.0 Å². The van der Waals surface area contributed by atoms with Gasteiger partial charge in [-0.1, -0.05) is 18.2 Å². The lowest BCUT2D eigenvalue weighted by Crippen LogP contribution is -2.18. The Bertz CT molecular complexity index is 672. The summed E-state index contributed by atoms with van der Waals surface area (Å²) >= 11 is 2.41. The van der Waals surface area contributed by atoms with Gasteiger partial charge in [0.15, 0.2) is 0 Å². The quantitative estimate of drug-likeness (QED) is 0.699. The summed E-state index contributed by atoms with van der Waals surface area (Å²) in [5.41, 5.74) is 17.3. The summed E-state index contributed by atoms with van der Waals surface area (Å²) in [4.78, 5) is 0. The molecule has 0 fully saturated rings. The minimum absolute atomic E-state index is 0.0604. The number of aryl methyl sites for hydroxylation is 1. The van der Waals surface area contributed by atoms with Crippen LogP contribution in [0.4, 0.5) is 0 Å². The minimum Gasteiger partial charge on any atom is -0.320 e. The molecule has 0 saturated carbocycles. The molecule has 2 N–H and O–H groups in total. The van der Waals surface area contributed by atoms with Crippen LogP contribution < -0.4 is 5.73 Å². The zero-order valence-corrected chi connectivity index (χ0v) is 15.9. The lowest BCUT2D eigenvalue weighted by molar-refractivity contribution is 0.836. The summed E-state index contributed by atoms with van der Waals surface area (Å²) in [7, 11) is 0. The van der Waals surface area contributed by atoms with Crippen molar-refractivity contribution in [2.75, 3.05) is 0 Å². The van der Waals surface area contributed by atoms with Crippen molar-refractivity contribution in [2.24, 2.45) is 5.73 Å². The Hall–Kier alpha value is -0.870. The van der Waals surface area contributed by atoms with Crippen molar-refractivity contribution in [3.8, 4) is 0 Å². The molecule has 0 heterocycles. The van der Waals surface area contributed by atoms with E-state index in [0.29, 0.717) is 0 Å². The first-order valence-electron chi connectivity index (χ1n) is 7.34. The smallest absolute Gasteiger partial charge is 0.0567 e. The van der Waals surface area contributed by atoms with E-state index in [0.717, 1.165) is 0 Å². The van der Waals surface area contributed by atoms with Gasteiger partial charge in [0.25, 0.3) is 0 Å². The predicted molar refractivity (Wildman–Crippen MR) is 100 cm³/mol. The first kappa shape index (κ1) is 16.5. The van der Waals surface area contributed by atoms with Gasteiger partial charge in [-0.2, -0.15) is 0 Å². The Labute approximate surface area is 142 Å². The first-order valence-corrected chi connectivity index (χ1v) is 8.42. The largest absolute Gasteiger partial charge is 0.320 e. The maximum atomic E-state index is 6.67. The third-order valence-electron chi connectivity index (χ3n) is 4.93. The second-order valence-electron chi connectivity index (χ2n) is 5.99. The van der Waals surface area contributed by atoms with E-state index in [1.54, 1.807) is 0 Å². The minimum atomic E-state index is -0.0604. The molecule has 0 radical (unpaired) electrons. The van der Waals surface area contributed by atoms with Crippen LogP contribution in [0, 0.1) is 45.1 Å². The Kier molecular flexibility index (Phi) is 4.79. The van der Waals surface area contributed by atoms with Gasteiger partial charge in [-0.05, 0) is 109 Å². The summed E-state index contributed by atoms with van der Waals surface area (Å²) in [6, 6.07) is 6.34. The normalized spacial score (nSPS) is 12.6. The molecule has 112 valence electrons. The van der Waals surface area contributed by atoms with Crippen molar-refractivity contribution in [1.29, 1.82) is 0 Å². The summed E-state index contributed by atoms with van der Waals surface area (Å²) < 4.78 is 1.28. The van der Waals surface area contributed by atoms with Gasteiger partial charge in [0, 0.05) is 3.57 Å². The molecule has 0 amide bonds. The van der Waals surface area contributed by atoms with Crippen LogP contribution >= 0.6 is 22.6 Å². The van der Waals surface area contributed by atoms with Gasteiger partial charge >= 0.3 is 0 Å². The molecule has 2 aromatic rings. The fraction of sp³-hybridized carbons (Fsp3) is 0.368. The third-order valence-corrected chi connectivity index (χ3v) is 6.40. The van der Waals surface area contributed by atoms with Crippen LogP contribution in [0.25, 0.3) is 0 Å². The van der Waals surface area contributed by atoms with Crippen molar-refractivity contribution in [3.05, 3.63) is 66.3 Å². The predicted octanol–water partition coefficient (Wildman–Crippen LogP) is 5.19. The van der Waals surface area contributed by atoms with E-state index in [9.17, 15) is 0 Å². The number of benzene rings is 2. The highest BCUT2D eigenvalue weighted by molar-refractivity contribution is 14.1. The van der Waals surface area contributed by atoms with Gasteiger partial charge < -0.3 is 5.73 Å². The van der Waals surface area contributed by atoms with E-state index in [2.05, 4.69) is 82.3 Å². The molecule has 1 nitrogen and oxygen atoms in total. The SMILES string of the molecule is Cc1cccc(C(N)c2c(C)c(C)c(C)c(C)c2C)c1I. The third kappa shape index (κ3) is 2.76. The number of hydrogen-bond donors (Lipinski definition) is 1. The molecule has 2 heteroatoms. The molecule has 2 rings (SSSR count). The molecule has 1 atom stereocenters. The van der Waals surface area contributed by atoms with E-state index in [-0.39, 0.29) is 6.04 Å². The van der Waals surface area contributed by atoms with E-state index in [4.69, 9.17) is 5.73 Å². The lowest BCUT2D eigenvalue weighted by Gasteiger charge is -2.24. The Morgan fingerprint density at radius 1 is 0.810 bits per heavy atom. The van der Waals surface area contributed by atoms with Crippen molar-refractivity contribution in [2.45, 2.75) is 47.6 Å². The first-order chi connectivity index (χ1) is 9.77. The van der Waals surface area contributed by atoms with Crippen molar-refractivity contribution >= 4 is 22.6 Å². The standard InChI is InChI=1S/C19H24IN/c1-10-8-7-9-16(18(10)20)19(21)17-14(5)12(3)11(2)13(4)15(17)6/h7-9,19H,21H2,1-6H3. The van der Waals surface area contributed by atoms with Crippen molar-refractivity contribution in [3.63, 3.8) is 0 Å². The molecule has 0 bridgehead atoms. The van der Waals surface area contributed by atoms with Crippen LogP contribution in [-0.4, -0.2) is 0 Å². The maximum Gasteiger partial charge on any atom is 0.0567 e. The molecule has 0 aliphatic rings. The summed E-state index contributed by atoms with van der Waals surface area (Å²) in [5.74, 6) is 0. The second-order valence-corrected chi connectivity index (χ2v) is 7.07. The van der Waals surface area contributed by atoms with Crippen molar-refractivity contribution in [1.82, 2.24) is 0 Å². The Morgan fingerprint density at radius 2 is 1.29 bits per heavy atom. The van der Waals surface area contributed by atoms with Crippen molar-refractivity contribution < 1.29 is 0 Å². The molecule has 2 aromatic carbocycles. The molecule has 0 aliphatic carbocycles. The lowest BCUT2D eigenvalue weighted by atomic mass is 9.84. The summed E-state index contributed by atoms with van der Waals surface area (Å²) in [6.07, 6.45) is 0. The molecule has 21 heavy (non-hydrogen) atoms. The highest BCUT2D eigenvalue weighted by atomic mass is 127. The van der Waals surface area contributed by atoms with Gasteiger partial charge in [-0.3, -0.25) is 0 Å². The van der Waals surface area contributed by atoms with E-state index in [1.165, 1.54) is 48.1 Å². The van der Waals surface area contributed by atoms with Crippen LogP contribution in [0.3, 0.4) is 0 Å². The average molecular weight is 393 g/mol. The summed E-state index contributed by atoms with van der Waals surface area (Å²) in [6.45, 7) is 13.2. The monoisotopic (exact) mass is 393 g/mol. The molecular weight excluding hydrogens is 369 g/mol. The molecule has 0 saturated heterocycles. The molecule has 0 aromatic heterocycles. The highest BCUT2D eigenvalue weighted by Crippen LogP contribution is 2.34. The molecule has 0 spiro atoms. The number of halogens is 1. The number of nitrogens with two attached hydrogens (primary N) is 1. The molecular formula is C19H24IN. The van der Waals surface area contributed by atoms with Crippen LogP contribution in [0.5, 0.6) is 0 Å². The van der Waals surface area contributed by atoms with E-state index in [1.807, 2.05) is 0 Å². The summed E-state index contributed by atoms with van der Waals surface area (Å²) in [5, 5.41) is 0. The Morgan fingerprint density at radius 3 is 1.81 bits per heavy atom. The second kappa shape index (κ2) is 6.09. The number of rotatable bonds is 2. The van der Waals surface area contributed by atoms with Gasteiger partial charge in [0.1, 0.15) is 0 Å². The zero-order chi connectivity index (χ0) is 15.9. The average Bonchev–Trinajstić information content (AvgIpc) is 2.46. The molecule has 1 unspecified atom stereocenters. The van der Waals surface area contributed by atoms with E-state index < -0.39 is 0 Å². The van der Waals surface area contributed by atoms with Gasteiger partial charge in [-0.25, -0.2) is 0 Å². The van der Waals surface area contributed by atoms with Gasteiger partial charge in [0.2, 0.25) is 0 Å².